The second kappa shape index (κ2) is 11.0. The van der Waals surface area contributed by atoms with Crippen LogP contribution < -0.4 is 10.6 Å². The third-order valence-corrected chi connectivity index (χ3v) is 6.54. The van der Waals surface area contributed by atoms with Crippen LogP contribution in [0.3, 0.4) is 0 Å². The maximum atomic E-state index is 13.3. The molecule has 0 aliphatic carbocycles. The zero-order valence-electron chi connectivity index (χ0n) is 19.6. The predicted molar refractivity (Wildman–Crippen MR) is 141 cm³/mol. The van der Waals surface area contributed by atoms with Crippen molar-refractivity contribution in [2.24, 2.45) is 0 Å². The molecule has 0 radical (unpaired) electrons. The average Bonchev–Trinajstić information content (AvgIpc) is 3.54. The van der Waals surface area contributed by atoms with Crippen molar-refractivity contribution in [2.45, 2.75) is 19.1 Å². The second-order valence-electron chi connectivity index (χ2n) is 8.34. The lowest BCUT2D eigenvalue weighted by Crippen LogP contribution is -2.43. The van der Waals surface area contributed by atoms with E-state index in [9.17, 15) is 14.0 Å². The van der Waals surface area contributed by atoms with Gasteiger partial charge in [0.2, 0.25) is 0 Å². The Bertz CT molecular complexity index is 1520. The summed E-state index contributed by atoms with van der Waals surface area (Å²) >= 11 is 1.40. The first-order chi connectivity index (χ1) is 18.0. The molecule has 2 heterocycles. The van der Waals surface area contributed by atoms with Crippen LogP contribution in [0.1, 0.15) is 21.6 Å². The molecular weight excluding hydrogens is 491 g/mol. The van der Waals surface area contributed by atoms with Crippen molar-refractivity contribution in [3.05, 3.63) is 113 Å². The highest BCUT2D eigenvalue weighted by Gasteiger charge is 2.25. The van der Waals surface area contributed by atoms with Crippen molar-refractivity contribution < 1.29 is 18.7 Å². The number of carbonyl (C=O) groups excluding carboxylic acids is 2. The van der Waals surface area contributed by atoms with E-state index in [-0.39, 0.29) is 18.6 Å². The SMILES string of the molecule is O=C(NC(Cc1c[nH]c2ccccc12)C(=O)OCc1csc(Nc2ccccc2)n1)c1ccc(F)cc1. The van der Waals surface area contributed by atoms with Gasteiger partial charge >= 0.3 is 5.97 Å². The van der Waals surface area contributed by atoms with Crippen LogP contribution in [0.2, 0.25) is 0 Å². The molecular formula is C28H23FN4O3S. The van der Waals surface area contributed by atoms with E-state index in [1.165, 1.54) is 35.6 Å². The zero-order valence-corrected chi connectivity index (χ0v) is 20.4. The molecule has 3 aromatic carbocycles. The van der Waals surface area contributed by atoms with Crippen LogP contribution >= 0.6 is 11.3 Å². The minimum absolute atomic E-state index is 0.0391. The number of ether oxygens (including phenoxy) is 1. The van der Waals surface area contributed by atoms with Crippen LogP contribution in [-0.2, 0) is 22.6 Å². The number of hydrogen-bond donors (Lipinski definition) is 3. The van der Waals surface area contributed by atoms with Gasteiger partial charge in [0.15, 0.2) is 5.13 Å². The molecule has 0 aliphatic heterocycles. The highest BCUT2D eigenvalue weighted by atomic mass is 32.1. The Morgan fingerprint density at radius 3 is 2.57 bits per heavy atom. The summed E-state index contributed by atoms with van der Waals surface area (Å²) in [5, 5.41) is 9.40. The zero-order chi connectivity index (χ0) is 25.6. The summed E-state index contributed by atoms with van der Waals surface area (Å²) in [6.07, 6.45) is 2.03. The number of hydrogen-bond acceptors (Lipinski definition) is 6. The largest absolute Gasteiger partial charge is 0.458 e. The molecule has 3 N–H and O–H groups in total. The fourth-order valence-electron chi connectivity index (χ4n) is 3.88. The van der Waals surface area contributed by atoms with Gasteiger partial charge in [-0.05, 0) is 48.0 Å². The molecule has 0 fully saturated rings. The van der Waals surface area contributed by atoms with E-state index in [0.717, 1.165) is 22.2 Å². The van der Waals surface area contributed by atoms with Gasteiger partial charge in [-0.1, -0.05) is 36.4 Å². The topological polar surface area (TPSA) is 96.1 Å². The summed E-state index contributed by atoms with van der Waals surface area (Å²) in [4.78, 5) is 33.7. The number of H-pyrrole nitrogens is 1. The highest BCUT2D eigenvalue weighted by Crippen LogP contribution is 2.22. The molecule has 0 spiro atoms. The number of carbonyl (C=O) groups is 2. The van der Waals surface area contributed by atoms with E-state index in [1.54, 1.807) is 0 Å². The lowest BCUT2D eigenvalue weighted by Gasteiger charge is -2.17. The summed E-state index contributed by atoms with van der Waals surface area (Å²) in [7, 11) is 0. The van der Waals surface area contributed by atoms with Crippen molar-refractivity contribution in [2.75, 3.05) is 5.32 Å². The van der Waals surface area contributed by atoms with Gasteiger partial charge in [-0.2, -0.15) is 0 Å². The van der Waals surface area contributed by atoms with Crippen LogP contribution in [0.15, 0.2) is 90.4 Å². The van der Waals surface area contributed by atoms with E-state index in [0.29, 0.717) is 10.8 Å². The summed E-state index contributed by atoms with van der Waals surface area (Å²) in [5.41, 5.74) is 3.53. The second-order valence-corrected chi connectivity index (χ2v) is 9.20. The van der Waals surface area contributed by atoms with E-state index in [4.69, 9.17) is 4.74 Å². The van der Waals surface area contributed by atoms with E-state index < -0.39 is 23.7 Å². The number of benzene rings is 3. The molecule has 0 saturated carbocycles. The van der Waals surface area contributed by atoms with Gasteiger partial charge in [-0.3, -0.25) is 4.79 Å². The number of nitrogens with one attached hydrogen (secondary N) is 3. The number of para-hydroxylation sites is 2. The van der Waals surface area contributed by atoms with Gasteiger partial charge in [-0.15, -0.1) is 11.3 Å². The minimum Gasteiger partial charge on any atom is -0.458 e. The molecule has 1 unspecified atom stereocenters. The molecule has 5 aromatic rings. The third kappa shape index (κ3) is 6.02. The van der Waals surface area contributed by atoms with Crippen molar-refractivity contribution in [1.82, 2.24) is 15.3 Å². The van der Waals surface area contributed by atoms with Crippen molar-refractivity contribution >= 4 is 44.9 Å². The first-order valence-corrected chi connectivity index (χ1v) is 12.5. The monoisotopic (exact) mass is 514 g/mol. The molecule has 0 saturated heterocycles. The van der Waals surface area contributed by atoms with E-state index in [2.05, 4.69) is 20.6 Å². The number of thiazole rings is 1. The molecule has 7 nitrogen and oxygen atoms in total. The van der Waals surface area contributed by atoms with Gasteiger partial charge in [0.05, 0.1) is 5.69 Å². The van der Waals surface area contributed by atoms with E-state index in [1.807, 2.05) is 66.2 Å². The molecule has 0 aliphatic rings. The average molecular weight is 515 g/mol. The summed E-state index contributed by atoms with van der Waals surface area (Å²) in [5.74, 6) is -1.54. The number of anilines is 2. The van der Waals surface area contributed by atoms with Gasteiger partial charge in [0.25, 0.3) is 5.91 Å². The van der Waals surface area contributed by atoms with Crippen molar-refractivity contribution in [3.63, 3.8) is 0 Å². The van der Waals surface area contributed by atoms with Crippen molar-refractivity contribution in [1.29, 1.82) is 0 Å². The van der Waals surface area contributed by atoms with Gasteiger partial charge < -0.3 is 20.4 Å². The predicted octanol–water partition coefficient (Wildman–Crippen LogP) is 5.59. The standard InChI is InChI=1S/C28H23FN4O3S/c29-20-12-10-18(11-13-20)26(34)33-25(14-19-15-30-24-9-5-4-8-23(19)24)27(35)36-16-22-17-37-28(32-22)31-21-6-2-1-3-7-21/h1-13,15,17,25,30H,14,16H2,(H,31,32)(H,33,34). The first kappa shape index (κ1) is 24.2. The summed E-state index contributed by atoms with van der Waals surface area (Å²) < 4.78 is 18.9. The summed E-state index contributed by atoms with van der Waals surface area (Å²) in [6, 6.07) is 21.5. The lowest BCUT2D eigenvalue weighted by molar-refractivity contribution is -0.147. The van der Waals surface area contributed by atoms with Crippen LogP contribution in [0.5, 0.6) is 0 Å². The number of aromatic nitrogens is 2. The molecule has 186 valence electrons. The van der Waals surface area contributed by atoms with Gasteiger partial charge in [-0.25, -0.2) is 14.2 Å². The Morgan fingerprint density at radius 1 is 1.00 bits per heavy atom. The Labute approximate surface area is 216 Å². The molecule has 5 rings (SSSR count). The molecule has 0 bridgehead atoms. The number of esters is 1. The smallest absolute Gasteiger partial charge is 0.329 e. The van der Waals surface area contributed by atoms with E-state index >= 15 is 0 Å². The highest BCUT2D eigenvalue weighted by molar-refractivity contribution is 7.13. The van der Waals surface area contributed by atoms with Crippen LogP contribution in [-0.4, -0.2) is 27.9 Å². The van der Waals surface area contributed by atoms with Crippen LogP contribution in [0.25, 0.3) is 10.9 Å². The van der Waals surface area contributed by atoms with Crippen LogP contribution in [0, 0.1) is 5.82 Å². The van der Waals surface area contributed by atoms with Gasteiger partial charge in [0.1, 0.15) is 18.5 Å². The number of aromatic amines is 1. The number of amides is 1. The maximum Gasteiger partial charge on any atom is 0.329 e. The first-order valence-electron chi connectivity index (χ1n) is 11.6. The Balaban J connectivity index is 1.29. The Hall–Kier alpha value is -4.50. The molecule has 2 aromatic heterocycles. The van der Waals surface area contributed by atoms with Crippen molar-refractivity contribution in [3.8, 4) is 0 Å². The van der Waals surface area contributed by atoms with Crippen LogP contribution in [0.4, 0.5) is 15.2 Å². The number of halogens is 1. The number of nitrogens with zero attached hydrogens (tertiary/aromatic N) is 1. The Kier molecular flexibility index (Phi) is 7.23. The van der Waals surface area contributed by atoms with Gasteiger partial charge in [0, 0.05) is 40.2 Å². The lowest BCUT2D eigenvalue weighted by atomic mass is 10.0. The quantitative estimate of drug-likeness (QED) is 0.223. The number of rotatable bonds is 9. The molecule has 9 heteroatoms. The minimum atomic E-state index is -0.961. The molecule has 37 heavy (non-hydrogen) atoms. The Morgan fingerprint density at radius 2 is 1.76 bits per heavy atom. The molecule has 1 amide bonds. The normalized spacial score (nSPS) is 11.7. The maximum absolute atomic E-state index is 13.3. The fourth-order valence-corrected chi connectivity index (χ4v) is 4.59. The third-order valence-electron chi connectivity index (χ3n) is 5.73. The molecule has 1 atom stereocenters. The fraction of sp³-hybridized carbons (Fsp3) is 0.107. The number of fused-ring (bicyclic) bond motifs is 1. The summed E-state index contributed by atoms with van der Waals surface area (Å²) in [6.45, 7) is -0.0391.